The number of nitrogens with zero attached hydrogens (tertiary/aromatic N) is 2. The first-order valence-electron chi connectivity index (χ1n) is 16.1. The van der Waals surface area contributed by atoms with E-state index in [9.17, 15) is 0 Å². The van der Waals surface area contributed by atoms with Gasteiger partial charge in [0.05, 0.1) is 0 Å². The van der Waals surface area contributed by atoms with E-state index in [-0.39, 0.29) is 0 Å². The third-order valence-electron chi connectivity index (χ3n) is 11.9. The van der Waals surface area contributed by atoms with Gasteiger partial charge in [0.2, 0.25) is 0 Å². The summed E-state index contributed by atoms with van der Waals surface area (Å²) in [5, 5.41) is 10.7. The number of fused-ring (bicyclic) bond motifs is 4. The number of hydrogen-bond acceptors (Lipinski definition) is 0. The van der Waals surface area contributed by atoms with Crippen LogP contribution in [0.2, 0.25) is 0 Å². The molecule has 0 saturated heterocycles. The molecule has 0 bridgehead atoms. The molecular weight excluding hydrogens is 519 g/mol. The van der Waals surface area contributed by atoms with Gasteiger partial charge in [-0.15, -0.1) is 12.1 Å². The van der Waals surface area contributed by atoms with Gasteiger partial charge in [-0.3, -0.25) is 0 Å². The molecule has 6 aliphatic rings. The summed E-state index contributed by atoms with van der Waals surface area (Å²) in [6.45, 7) is 2.19. The van der Waals surface area contributed by atoms with Crippen LogP contribution >= 0.6 is 18.6 Å². The summed E-state index contributed by atoms with van der Waals surface area (Å²) in [4.78, 5) is 0. The molecule has 0 aromatic carbocycles. The SMILES string of the molecule is C(C[N-]C1CCCC2CC3CCCCC3CC21)C[N-]C1CCCC2CC3CCCCC3CC21.[Cl][Ti][Cl]. The van der Waals surface area contributed by atoms with E-state index in [4.69, 9.17) is 29.2 Å². The molecule has 6 rings (SSSR count). The minimum absolute atomic E-state index is 0.556. The van der Waals surface area contributed by atoms with Crippen LogP contribution in [0.3, 0.4) is 0 Å². The normalized spacial score (nSPS) is 44.1. The van der Waals surface area contributed by atoms with Crippen molar-refractivity contribution in [2.24, 2.45) is 47.3 Å². The first-order valence-corrected chi connectivity index (χ1v) is 20.4. The number of halogens is 2. The molecule has 10 unspecified atom stereocenters. The van der Waals surface area contributed by atoms with Crippen molar-refractivity contribution in [1.29, 1.82) is 0 Å². The van der Waals surface area contributed by atoms with E-state index < -0.39 is 17.0 Å². The second kappa shape index (κ2) is 14.7. The molecule has 0 aliphatic heterocycles. The molecule has 0 heterocycles. The van der Waals surface area contributed by atoms with Crippen LogP contribution in [-0.2, 0) is 17.0 Å². The molecule has 0 aromatic heterocycles. The molecule has 10 atom stereocenters. The van der Waals surface area contributed by atoms with Crippen molar-refractivity contribution in [3.8, 4) is 0 Å². The number of rotatable bonds is 6. The Morgan fingerprint density at radius 1 is 0.472 bits per heavy atom. The second-order valence-corrected chi connectivity index (χ2v) is 16.2. The van der Waals surface area contributed by atoms with Gasteiger partial charge >= 0.3 is 35.6 Å². The molecule has 206 valence electrons. The van der Waals surface area contributed by atoms with Gasteiger partial charge in [-0.1, -0.05) is 108 Å². The van der Waals surface area contributed by atoms with Gasteiger partial charge in [-0.05, 0) is 61.2 Å². The monoisotopic (exact) mass is 570 g/mol. The zero-order valence-corrected chi connectivity index (χ0v) is 25.8. The Bertz CT molecular complexity index is 598. The average Bonchev–Trinajstić information content (AvgIpc) is 2.91. The zero-order chi connectivity index (χ0) is 24.7. The van der Waals surface area contributed by atoms with Gasteiger partial charge in [0.15, 0.2) is 0 Å². The molecule has 2 nitrogen and oxygen atoms in total. The maximum absolute atomic E-state index is 5.36. The Hall–Kier alpha value is 1.21. The van der Waals surface area contributed by atoms with Crippen molar-refractivity contribution in [3.63, 3.8) is 0 Å². The molecular formula is C31H52Cl2N2Ti-2. The Morgan fingerprint density at radius 2 is 0.833 bits per heavy atom. The minimum atomic E-state index is -0.556. The van der Waals surface area contributed by atoms with Gasteiger partial charge < -0.3 is 10.6 Å². The molecule has 6 fully saturated rings. The summed E-state index contributed by atoms with van der Waals surface area (Å²) in [6, 6.07) is 1.40. The first-order chi connectivity index (χ1) is 17.8. The molecule has 5 heteroatoms. The zero-order valence-electron chi connectivity index (χ0n) is 22.8. The summed E-state index contributed by atoms with van der Waals surface area (Å²) < 4.78 is 0. The van der Waals surface area contributed by atoms with Crippen molar-refractivity contribution < 1.29 is 17.0 Å². The van der Waals surface area contributed by atoms with Crippen LogP contribution in [0.5, 0.6) is 0 Å². The van der Waals surface area contributed by atoms with Crippen LogP contribution < -0.4 is 0 Å². The quantitative estimate of drug-likeness (QED) is 0.224. The van der Waals surface area contributed by atoms with E-state index in [1.54, 1.807) is 25.7 Å². The maximum atomic E-state index is 5.36. The molecule has 0 N–H and O–H groups in total. The van der Waals surface area contributed by atoms with Gasteiger partial charge in [0.25, 0.3) is 0 Å². The predicted molar refractivity (Wildman–Crippen MR) is 151 cm³/mol. The van der Waals surface area contributed by atoms with Crippen molar-refractivity contribution >= 4 is 18.6 Å². The fourth-order valence-electron chi connectivity index (χ4n) is 10.3. The van der Waals surface area contributed by atoms with E-state index >= 15 is 0 Å². The van der Waals surface area contributed by atoms with E-state index in [1.807, 2.05) is 0 Å². The van der Waals surface area contributed by atoms with E-state index in [1.165, 1.54) is 96.3 Å². The second-order valence-electron chi connectivity index (χ2n) is 13.6. The first kappa shape index (κ1) is 28.7. The Balaban J connectivity index is 0.000000848. The van der Waals surface area contributed by atoms with Crippen LogP contribution in [0.25, 0.3) is 10.6 Å². The molecule has 0 aromatic rings. The van der Waals surface area contributed by atoms with Crippen LogP contribution in [0.1, 0.15) is 122 Å². The topological polar surface area (TPSA) is 28.2 Å². The Labute approximate surface area is 239 Å². The molecule has 0 spiro atoms. The van der Waals surface area contributed by atoms with Gasteiger partial charge in [-0.25, -0.2) is 0 Å². The molecule has 6 aliphatic carbocycles. The standard InChI is InChI=1S/C31H52N2.2ClH.Ti/c1-3-10-24-20-28-26(18-22(24)8-1)12-5-14-30(28)32-16-7-17-33-31-15-6-13-27-19-23-9-2-4-11-25(23)21-29(27)31;;;/h22-31H,1-21H2;2*1H;/q-2;;;+2/p-2. The average molecular weight is 572 g/mol. The molecule has 6 saturated carbocycles. The summed E-state index contributed by atoms with van der Waals surface area (Å²) >= 11 is -0.556. The summed E-state index contributed by atoms with van der Waals surface area (Å²) in [7, 11) is 9.78. The van der Waals surface area contributed by atoms with Crippen LogP contribution in [0, 0.1) is 47.3 Å². The number of hydrogen-bond donors (Lipinski definition) is 0. The van der Waals surface area contributed by atoms with Crippen LogP contribution in [0.4, 0.5) is 0 Å². The van der Waals surface area contributed by atoms with Gasteiger partial charge in [0, 0.05) is 0 Å². The van der Waals surface area contributed by atoms with Crippen LogP contribution in [-0.4, -0.2) is 25.2 Å². The Kier molecular flexibility index (Phi) is 11.8. The fraction of sp³-hybridized carbons (Fsp3) is 1.00. The van der Waals surface area contributed by atoms with Crippen molar-refractivity contribution in [2.45, 2.75) is 134 Å². The van der Waals surface area contributed by atoms with E-state index in [2.05, 4.69) is 0 Å². The summed E-state index contributed by atoms with van der Waals surface area (Å²) in [5.74, 6) is 8.21. The third-order valence-corrected chi connectivity index (χ3v) is 11.9. The third kappa shape index (κ3) is 7.29. The van der Waals surface area contributed by atoms with Gasteiger partial charge in [-0.2, -0.15) is 13.1 Å². The van der Waals surface area contributed by atoms with E-state index in [0.29, 0.717) is 12.1 Å². The fourth-order valence-corrected chi connectivity index (χ4v) is 10.3. The molecule has 0 radical (unpaired) electrons. The molecule has 0 amide bonds. The summed E-state index contributed by atoms with van der Waals surface area (Å²) in [6.07, 6.45) is 28.3. The van der Waals surface area contributed by atoms with E-state index in [0.717, 1.165) is 60.4 Å². The van der Waals surface area contributed by atoms with Crippen molar-refractivity contribution in [3.05, 3.63) is 10.6 Å². The summed E-state index contributed by atoms with van der Waals surface area (Å²) in [5.41, 5.74) is 0. The van der Waals surface area contributed by atoms with Crippen LogP contribution in [0.15, 0.2) is 0 Å². The molecule has 36 heavy (non-hydrogen) atoms. The predicted octanol–water partition coefficient (Wildman–Crippen LogP) is 10.3. The van der Waals surface area contributed by atoms with Gasteiger partial charge in [0.1, 0.15) is 0 Å². The van der Waals surface area contributed by atoms with Crippen molar-refractivity contribution in [1.82, 2.24) is 0 Å². The van der Waals surface area contributed by atoms with Crippen molar-refractivity contribution in [2.75, 3.05) is 13.1 Å². The Morgan fingerprint density at radius 3 is 1.25 bits per heavy atom.